The van der Waals surface area contributed by atoms with E-state index in [0.717, 1.165) is 17.0 Å². The fourth-order valence-electron chi connectivity index (χ4n) is 3.59. The van der Waals surface area contributed by atoms with Crippen LogP contribution in [0.2, 0.25) is 0 Å². The number of aromatic nitrogens is 4. The van der Waals surface area contributed by atoms with E-state index >= 15 is 0 Å². The van der Waals surface area contributed by atoms with Gasteiger partial charge in [0, 0.05) is 42.2 Å². The van der Waals surface area contributed by atoms with Crippen molar-refractivity contribution in [2.75, 3.05) is 13.2 Å². The van der Waals surface area contributed by atoms with Crippen LogP contribution in [0, 0.1) is 12.8 Å². The van der Waals surface area contributed by atoms with Crippen molar-refractivity contribution in [1.82, 2.24) is 19.2 Å². The Bertz CT molecular complexity index is 1040. The smallest absolute Gasteiger partial charge is 0.259 e. The van der Waals surface area contributed by atoms with E-state index in [-0.39, 0.29) is 37.2 Å². The molecule has 0 unspecified atom stereocenters. The topological polar surface area (TPSA) is 92.6 Å². The number of fused-ring (bicyclic) bond motifs is 1. The Kier molecular flexibility index (Phi) is 4.83. The Balaban J connectivity index is 1.70. The number of hydrogen-bond donors (Lipinski definition) is 2. The summed E-state index contributed by atoms with van der Waals surface area (Å²) in [6.07, 6.45) is 1.24. The van der Waals surface area contributed by atoms with E-state index in [1.165, 1.54) is 22.1 Å². The third-order valence-corrected chi connectivity index (χ3v) is 6.00. The Hall–Kier alpha value is -2.10. The fraction of sp³-hybridized carbons (Fsp3) is 0.500. The summed E-state index contributed by atoms with van der Waals surface area (Å²) in [6, 6.07) is 3.09. The summed E-state index contributed by atoms with van der Waals surface area (Å²) in [5, 5.41) is 22.7. The van der Waals surface area contributed by atoms with Gasteiger partial charge in [-0.2, -0.15) is 5.10 Å². The predicted octanol–water partition coefficient (Wildman–Crippen LogP) is 1.41. The van der Waals surface area contributed by atoms with Crippen LogP contribution in [0.15, 0.2) is 16.9 Å². The van der Waals surface area contributed by atoms with Gasteiger partial charge in [-0.05, 0) is 25.3 Å². The third kappa shape index (κ3) is 3.30. The Morgan fingerprint density at radius 1 is 1.33 bits per heavy atom. The van der Waals surface area contributed by atoms with Gasteiger partial charge in [0.15, 0.2) is 4.96 Å². The van der Waals surface area contributed by atoms with Gasteiger partial charge in [-0.15, -0.1) is 11.3 Å². The predicted molar refractivity (Wildman–Crippen MR) is 98.9 cm³/mol. The van der Waals surface area contributed by atoms with E-state index in [2.05, 4.69) is 10.1 Å². The number of nitrogens with zero attached hydrogens (tertiary/aromatic N) is 4. The van der Waals surface area contributed by atoms with Gasteiger partial charge in [-0.3, -0.25) is 13.9 Å². The molecule has 1 aliphatic rings. The molecule has 1 saturated carbocycles. The van der Waals surface area contributed by atoms with E-state index in [1.54, 1.807) is 10.5 Å². The first-order valence-corrected chi connectivity index (χ1v) is 9.72. The van der Waals surface area contributed by atoms with Crippen LogP contribution >= 0.6 is 11.3 Å². The average Bonchev–Trinajstić information content (AvgIpc) is 3.19. The lowest BCUT2D eigenvalue weighted by Crippen LogP contribution is -2.18. The van der Waals surface area contributed by atoms with E-state index in [1.807, 2.05) is 6.92 Å². The number of thiazole rings is 1. The van der Waals surface area contributed by atoms with Gasteiger partial charge in [0.2, 0.25) is 0 Å². The van der Waals surface area contributed by atoms with E-state index in [9.17, 15) is 14.3 Å². The SMILES string of the molecule is Cc1sc2nc(Cn3nc(CCO)cc3CF)cc(=O)n2c1[C@@H]1C[C@H]1CO. The van der Waals surface area contributed by atoms with Crippen molar-refractivity contribution >= 4 is 16.3 Å². The number of aliphatic hydroxyl groups excluding tert-OH is 2. The summed E-state index contributed by atoms with van der Waals surface area (Å²) in [4.78, 5) is 19.0. The molecule has 144 valence electrons. The van der Waals surface area contributed by atoms with E-state index in [4.69, 9.17) is 5.11 Å². The molecule has 2 atom stereocenters. The third-order valence-electron chi connectivity index (χ3n) is 5.03. The Morgan fingerprint density at radius 3 is 2.81 bits per heavy atom. The molecule has 1 fully saturated rings. The number of rotatable bonds is 7. The highest BCUT2D eigenvalue weighted by Crippen LogP contribution is 2.49. The zero-order chi connectivity index (χ0) is 19.1. The molecule has 0 radical (unpaired) electrons. The number of alkyl halides is 1. The maximum Gasteiger partial charge on any atom is 0.259 e. The van der Waals surface area contributed by atoms with Crippen molar-refractivity contribution in [2.45, 2.75) is 38.9 Å². The molecule has 0 spiro atoms. The summed E-state index contributed by atoms with van der Waals surface area (Å²) >= 11 is 1.46. The minimum absolute atomic E-state index is 0.0540. The van der Waals surface area contributed by atoms with Gasteiger partial charge in [-0.1, -0.05) is 0 Å². The van der Waals surface area contributed by atoms with Crippen LogP contribution in [0.3, 0.4) is 0 Å². The highest BCUT2D eigenvalue weighted by atomic mass is 32.1. The molecule has 2 N–H and O–H groups in total. The second-order valence-corrected chi connectivity index (χ2v) is 8.11. The van der Waals surface area contributed by atoms with Crippen LogP contribution in [0.4, 0.5) is 4.39 Å². The van der Waals surface area contributed by atoms with Crippen molar-refractivity contribution in [3.8, 4) is 0 Å². The molecule has 0 aliphatic heterocycles. The summed E-state index contributed by atoms with van der Waals surface area (Å²) in [6.45, 7) is 1.57. The van der Waals surface area contributed by atoms with Crippen LogP contribution in [0.5, 0.6) is 0 Å². The molecular formula is C18H21FN4O3S. The number of aryl methyl sites for hydroxylation is 1. The summed E-state index contributed by atoms with van der Waals surface area (Å²) in [5.74, 6) is 0.425. The molecule has 3 aromatic rings. The van der Waals surface area contributed by atoms with Crippen LogP contribution in [0.25, 0.3) is 4.96 Å². The van der Waals surface area contributed by atoms with Crippen molar-refractivity contribution in [1.29, 1.82) is 0 Å². The van der Waals surface area contributed by atoms with Gasteiger partial charge < -0.3 is 10.2 Å². The van der Waals surface area contributed by atoms with Gasteiger partial charge in [0.25, 0.3) is 5.56 Å². The lowest BCUT2D eigenvalue weighted by atomic mass is 10.2. The highest BCUT2D eigenvalue weighted by molar-refractivity contribution is 7.17. The lowest BCUT2D eigenvalue weighted by molar-refractivity contribution is 0.273. The van der Waals surface area contributed by atoms with Crippen molar-refractivity contribution in [2.24, 2.45) is 5.92 Å². The second kappa shape index (κ2) is 7.14. The monoisotopic (exact) mass is 392 g/mol. The first-order valence-electron chi connectivity index (χ1n) is 8.91. The maximum absolute atomic E-state index is 13.3. The first-order chi connectivity index (χ1) is 13.0. The molecule has 0 amide bonds. The molecule has 0 saturated heterocycles. The second-order valence-electron chi connectivity index (χ2n) is 6.92. The zero-order valence-corrected chi connectivity index (χ0v) is 15.7. The molecule has 0 aromatic carbocycles. The molecular weight excluding hydrogens is 371 g/mol. The minimum Gasteiger partial charge on any atom is -0.396 e. The maximum atomic E-state index is 13.3. The summed E-state index contributed by atoms with van der Waals surface area (Å²) < 4.78 is 16.4. The number of aliphatic hydroxyl groups is 2. The summed E-state index contributed by atoms with van der Waals surface area (Å²) in [7, 11) is 0. The van der Waals surface area contributed by atoms with Gasteiger partial charge in [-0.25, -0.2) is 9.37 Å². The van der Waals surface area contributed by atoms with Crippen molar-refractivity contribution in [3.05, 3.63) is 50.1 Å². The molecule has 27 heavy (non-hydrogen) atoms. The van der Waals surface area contributed by atoms with Crippen LogP contribution in [-0.4, -0.2) is 42.6 Å². The quantitative estimate of drug-likeness (QED) is 0.634. The molecule has 4 rings (SSSR count). The zero-order valence-electron chi connectivity index (χ0n) is 14.9. The fourth-order valence-corrected chi connectivity index (χ4v) is 4.65. The van der Waals surface area contributed by atoms with Crippen LogP contribution in [0.1, 0.15) is 40.0 Å². The van der Waals surface area contributed by atoms with Crippen molar-refractivity contribution < 1.29 is 14.6 Å². The van der Waals surface area contributed by atoms with Crippen molar-refractivity contribution in [3.63, 3.8) is 0 Å². The standard InChI is InChI=1S/C18H21FN4O3S/c1-10-17(15-4-11(15)9-25)23-16(26)6-13(20-18(23)27-10)8-22-14(7-19)5-12(21-22)2-3-24/h5-6,11,15,24-25H,2-4,7-9H2,1H3/t11-,15+/m0/s1. The first kappa shape index (κ1) is 18.3. The van der Waals surface area contributed by atoms with Gasteiger partial charge in [0.05, 0.1) is 23.6 Å². The average molecular weight is 392 g/mol. The summed E-state index contributed by atoms with van der Waals surface area (Å²) in [5.41, 5.74) is 2.32. The van der Waals surface area contributed by atoms with Crippen LogP contribution in [-0.2, 0) is 19.6 Å². The Labute approximate surface area is 158 Å². The molecule has 3 heterocycles. The molecule has 7 nitrogen and oxygen atoms in total. The lowest BCUT2D eigenvalue weighted by Gasteiger charge is -2.06. The highest BCUT2D eigenvalue weighted by Gasteiger charge is 2.41. The molecule has 9 heteroatoms. The largest absolute Gasteiger partial charge is 0.396 e. The van der Waals surface area contributed by atoms with Gasteiger partial charge in [0.1, 0.15) is 6.67 Å². The number of halogens is 1. The molecule has 3 aromatic heterocycles. The van der Waals surface area contributed by atoms with E-state index in [0.29, 0.717) is 28.5 Å². The Morgan fingerprint density at radius 2 is 2.15 bits per heavy atom. The molecule has 0 bridgehead atoms. The van der Waals surface area contributed by atoms with Crippen LogP contribution < -0.4 is 5.56 Å². The number of hydrogen-bond acceptors (Lipinski definition) is 6. The normalized spacial score (nSPS) is 19.1. The van der Waals surface area contributed by atoms with E-state index < -0.39 is 6.67 Å². The molecule has 1 aliphatic carbocycles. The van der Waals surface area contributed by atoms with Gasteiger partial charge >= 0.3 is 0 Å². The minimum atomic E-state index is -0.674.